The van der Waals surface area contributed by atoms with Gasteiger partial charge in [0.15, 0.2) is 0 Å². The lowest BCUT2D eigenvalue weighted by Gasteiger charge is -2.39. The Morgan fingerprint density at radius 1 is 1.29 bits per heavy atom. The van der Waals surface area contributed by atoms with Gasteiger partial charge in [-0.3, -0.25) is 4.79 Å². The van der Waals surface area contributed by atoms with Crippen LogP contribution in [0.25, 0.3) is 0 Å². The van der Waals surface area contributed by atoms with Crippen LogP contribution in [0.4, 0.5) is 0 Å². The number of hydrogen-bond acceptors (Lipinski definition) is 2. The minimum atomic E-state index is 0.162. The first-order chi connectivity index (χ1) is 9.97. The highest BCUT2D eigenvalue weighted by Crippen LogP contribution is 2.28. The number of rotatable bonds is 3. The predicted octanol–water partition coefficient (Wildman–Crippen LogP) is 3.20. The Morgan fingerprint density at radius 2 is 1.90 bits per heavy atom. The van der Waals surface area contributed by atoms with Gasteiger partial charge >= 0.3 is 0 Å². The van der Waals surface area contributed by atoms with E-state index in [9.17, 15) is 4.79 Å². The van der Waals surface area contributed by atoms with Gasteiger partial charge in [-0.1, -0.05) is 31.0 Å². The predicted molar refractivity (Wildman–Crippen MR) is 87.5 cm³/mol. The zero-order valence-electron chi connectivity index (χ0n) is 13.8. The number of aryl methyl sites for hydroxylation is 3. The first-order valence-electron chi connectivity index (χ1n) is 8.06. The summed E-state index contributed by atoms with van der Waals surface area (Å²) < 4.78 is 0. The molecule has 3 nitrogen and oxygen atoms in total. The van der Waals surface area contributed by atoms with Crippen molar-refractivity contribution in [3.05, 3.63) is 34.4 Å². The zero-order valence-corrected chi connectivity index (χ0v) is 13.8. The van der Waals surface area contributed by atoms with Crippen molar-refractivity contribution in [2.45, 2.75) is 53.0 Å². The third-order valence-corrected chi connectivity index (χ3v) is 4.83. The maximum atomic E-state index is 13.0. The van der Waals surface area contributed by atoms with Gasteiger partial charge in [-0.2, -0.15) is 0 Å². The Labute approximate surface area is 128 Å². The fourth-order valence-electron chi connectivity index (χ4n) is 3.66. The topological polar surface area (TPSA) is 46.3 Å². The van der Waals surface area contributed by atoms with Gasteiger partial charge in [-0.15, -0.1) is 0 Å². The van der Waals surface area contributed by atoms with Crippen LogP contribution in [0.3, 0.4) is 0 Å². The molecule has 0 radical (unpaired) electrons. The van der Waals surface area contributed by atoms with Crippen molar-refractivity contribution in [3.63, 3.8) is 0 Å². The normalized spacial score (nSPS) is 22.4. The lowest BCUT2D eigenvalue weighted by Crippen LogP contribution is -2.49. The van der Waals surface area contributed by atoms with Crippen LogP contribution in [-0.4, -0.2) is 29.9 Å². The van der Waals surface area contributed by atoms with Crippen LogP contribution in [-0.2, 0) is 0 Å². The van der Waals surface area contributed by atoms with Crippen LogP contribution in [0.2, 0.25) is 0 Å². The molecule has 1 aliphatic rings. The Balaban J connectivity index is 2.27. The van der Waals surface area contributed by atoms with E-state index >= 15 is 0 Å². The highest BCUT2D eigenvalue weighted by atomic mass is 16.2. The molecule has 1 heterocycles. The molecule has 2 unspecified atom stereocenters. The van der Waals surface area contributed by atoms with E-state index in [0.29, 0.717) is 12.5 Å². The van der Waals surface area contributed by atoms with E-state index in [2.05, 4.69) is 26.0 Å². The molecule has 1 aromatic carbocycles. The van der Waals surface area contributed by atoms with Crippen LogP contribution in [0.5, 0.6) is 0 Å². The highest BCUT2D eigenvalue weighted by molar-refractivity contribution is 5.97. The number of hydrogen-bond donors (Lipinski definition) is 1. The van der Waals surface area contributed by atoms with E-state index in [0.717, 1.165) is 36.1 Å². The maximum absolute atomic E-state index is 13.0. The number of likely N-dealkylation sites (tertiary alicyclic amines) is 1. The highest BCUT2D eigenvalue weighted by Gasteiger charge is 2.31. The quantitative estimate of drug-likeness (QED) is 0.928. The lowest BCUT2D eigenvalue weighted by atomic mass is 9.88. The number of nitrogens with two attached hydrogens (primary N) is 1. The van der Waals surface area contributed by atoms with Crippen molar-refractivity contribution in [2.75, 3.05) is 13.1 Å². The van der Waals surface area contributed by atoms with Gasteiger partial charge in [0.05, 0.1) is 0 Å². The van der Waals surface area contributed by atoms with E-state index in [4.69, 9.17) is 5.73 Å². The molecule has 21 heavy (non-hydrogen) atoms. The van der Waals surface area contributed by atoms with Crippen molar-refractivity contribution in [2.24, 2.45) is 11.7 Å². The van der Waals surface area contributed by atoms with E-state index in [1.165, 1.54) is 12.0 Å². The number of nitrogens with zero attached hydrogens (tertiary/aromatic N) is 1. The summed E-state index contributed by atoms with van der Waals surface area (Å²) in [4.78, 5) is 15.0. The molecule has 2 atom stereocenters. The second-order valence-electron chi connectivity index (χ2n) is 6.46. The van der Waals surface area contributed by atoms with Crippen LogP contribution >= 0.6 is 0 Å². The first kappa shape index (κ1) is 16.0. The summed E-state index contributed by atoms with van der Waals surface area (Å²) >= 11 is 0. The summed E-state index contributed by atoms with van der Waals surface area (Å²) in [6.07, 6.45) is 3.33. The third kappa shape index (κ3) is 3.29. The molecule has 0 spiro atoms. The van der Waals surface area contributed by atoms with E-state index in [1.54, 1.807) is 0 Å². The van der Waals surface area contributed by atoms with E-state index in [1.807, 2.05) is 18.7 Å². The molecule has 1 fully saturated rings. The fraction of sp³-hybridized carbons (Fsp3) is 0.611. The summed E-state index contributed by atoms with van der Waals surface area (Å²) in [5.74, 6) is 0.873. The van der Waals surface area contributed by atoms with Crippen molar-refractivity contribution in [1.29, 1.82) is 0 Å². The molecular formula is C18H28N2O. The van der Waals surface area contributed by atoms with Crippen molar-refractivity contribution in [1.82, 2.24) is 4.90 Å². The summed E-state index contributed by atoms with van der Waals surface area (Å²) in [7, 11) is 0. The summed E-state index contributed by atoms with van der Waals surface area (Å²) in [5, 5.41) is 0. The Bertz CT molecular complexity index is 501. The maximum Gasteiger partial charge on any atom is 0.254 e. The molecule has 116 valence electrons. The molecular weight excluding hydrogens is 260 g/mol. The third-order valence-electron chi connectivity index (χ3n) is 4.83. The molecule has 0 bridgehead atoms. The summed E-state index contributed by atoms with van der Waals surface area (Å²) in [6.45, 7) is 9.76. The molecule has 0 aliphatic carbocycles. The van der Waals surface area contributed by atoms with Gasteiger partial charge < -0.3 is 10.6 Å². The molecule has 2 rings (SSSR count). The van der Waals surface area contributed by atoms with Crippen molar-refractivity contribution < 1.29 is 4.79 Å². The van der Waals surface area contributed by atoms with Gasteiger partial charge in [-0.25, -0.2) is 0 Å². The van der Waals surface area contributed by atoms with Crippen molar-refractivity contribution in [3.8, 4) is 0 Å². The minimum Gasteiger partial charge on any atom is -0.334 e. The second-order valence-corrected chi connectivity index (χ2v) is 6.46. The zero-order chi connectivity index (χ0) is 15.6. The van der Waals surface area contributed by atoms with Crippen LogP contribution in [0.15, 0.2) is 12.1 Å². The van der Waals surface area contributed by atoms with E-state index in [-0.39, 0.29) is 11.9 Å². The average Bonchev–Trinajstić information content (AvgIpc) is 2.45. The number of carbonyl (C=O) groups excluding carboxylic acids is 1. The molecule has 1 aromatic rings. The van der Waals surface area contributed by atoms with Gasteiger partial charge in [0, 0.05) is 24.7 Å². The Hall–Kier alpha value is -1.35. The minimum absolute atomic E-state index is 0.162. The standard InChI is InChI=1S/C18H28N2O/c1-5-15-6-7-20(16(10-15)11-19)18(21)17-13(3)8-12(2)9-14(17)4/h8-9,15-16H,5-7,10-11,19H2,1-4H3. The van der Waals surface area contributed by atoms with E-state index < -0.39 is 0 Å². The molecule has 1 aliphatic heterocycles. The molecule has 1 saturated heterocycles. The Kier molecular flexibility index (Phi) is 5.04. The number of carbonyl (C=O) groups is 1. The molecule has 2 N–H and O–H groups in total. The number of amides is 1. The number of benzene rings is 1. The molecule has 0 aromatic heterocycles. The van der Waals surface area contributed by atoms with Crippen molar-refractivity contribution >= 4 is 5.91 Å². The van der Waals surface area contributed by atoms with Crippen LogP contribution < -0.4 is 5.73 Å². The smallest absolute Gasteiger partial charge is 0.254 e. The van der Waals surface area contributed by atoms with Gasteiger partial charge in [0.2, 0.25) is 0 Å². The molecule has 0 saturated carbocycles. The molecule has 3 heteroatoms. The average molecular weight is 288 g/mol. The number of piperidine rings is 1. The monoisotopic (exact) mass is 288 g/mol. The fourth-order valence-corrected chi connectivity index (χ4v) is 3.66. The summed E-state index contributed by atoms with van der Waals surface area (Å²) in [6, 6.07) is 4.38. The first-order valence-corrected chi connectivity index (χ1v) is 8.06. The largest absolute Gasteiger partial charge is 0.334 e. The molecule has 1 amide bonds. The van der Waals surface area contributed by atoms with Gasteiger partial charge in [-0.05, 0) is 50.7 Å². The SMILES string of the molecule is CCC1CCN(C(=O)c2c(C)cc(C)cc2C)C(CN)C1. The van der Waals surface area contributed by atoms with Gasteiger partial charge in [0.25, 0.3) is 5.91 Å². The Morgan fingerprint density at radius 3 is 2.43 bits per heavy atom. The summed E-state index contributed by atoms with van der Waals surface area (Å²) in [5.41, 5.74) is 10.2. The lowest BCUT2D eigenvalue weighted by molar-refractivity contribution is 0.0557. The van der Waals surface area contributed by atoms with Crippen LogP contribution in [0.1, 0.15) is 53.2 Å². The van der Waals surface area contributed by atoms with Gasteiger partial charge in [0.1, 0.15) is 0 Å². The second kappa shape index (κ2) is 6.61. The van der Waals surface area contributed by atoms with Crippen LogP contribution in [0, 0.1) is 26.7 Å².